The van der Waals surface area contributed by atoms with E-state index in [1.165, 1.54) is 32.2 Å². The summed E-state index contributed by atoms with van der Waals surface area (Å²) in [6, 6.07) is 5.95. The van der Waals surface area contributed by atoms with Gasteiger partial charge < -0.3 is 9.84 Å². The Kier molecular flexibility index (Phi) is 8.46. The summed E-state index contributed by atoms with van der Waals surface area (Å²) in [5, 5.41) is 39.7. The molecule has 0 saturated heterocycles. The lowest BCUT2D eigenvalue weighted by Crippen LogP contribution is -2.27. The summed E-state index contributed by atoms with van der Waals surface area (Å²) in [4.78, 5) is 23.6. The highest BCUT2D eigenvalue weighted by Crippen LogP contribution is 2.36. The van der Waals surface area contributed by atoms with E-state index in [4.69, 9.17) is 4.74 Å². The van der Waals surface area contributed by atoms with Crippen LogP contribution in [0.4, 0.5) is 17.1 Å². The highest BCUT2D eigenvalue weighted by Gasteiger charge is 2.22. The summed E-state index contributed by atoms with van der Waals surface area (Å²) < 4.78 is 6.15. The molecule has 0 saturated carbocycles. The number of benzene rings is 1. The van der Waals surface area contributed by atoms with E-state index in [1.807, 2.05) is 13.0 Å². The first kappa shape index (κ1) is 24.5. The van der Waals surface area contributed by atoms with E-state index in [9.17, 15) is 25.3 Å². The zero-order valence-electron chi connectivity index (χ0n) is 18.7. The van der Waals surface area contributed by atoms with Crippen LogP contribution >= 0.6 is 0 Å². The van der Waals surface area contributed by atoms with Gasteiger partial charge in [0.15, 0.2) is 11.4 Å². The van der Waals surface area contributed by atoms with E-state index >= 15 is 0 Å². The van der Waals surface area contributed by atoms with Crippen molar-refractivity contribution in [3.05, 3.63) is 49.8 Å². The molecule has 0 radical (unpaired) electrons. The first-order chi connectivity index (χ1) is 15.3. The van der Waals surface area contributed by atoms with Crippen LogP contribution in [0.3, 0.4) is 0 Å². The van der Waals surface area contributed by atoms with Crippen LogP contribution in [0.1, 0.15) is 50.7 Å². The molecule has 1 N–H and O–H groups in total. The Labute approximate surface area is 185 Å². The number of nitriles is 1. The van der Waals surface area contributed by atoms with Crippen molar-refractivity contribution in [1.82, 2.24) is 4.57 Å². The van der Waals surface area contributed by atoms with Gasteiger partial charge in [-0.1, -0.05) is 33.1 Å². The molecule has 0 spiro atoms. The Morgan fingerprint density at radius 3 is 2.62 bits per heavy atom. The Bertz CT molecular complexity index is 1120. The molecular formula is C22H27N5O5. The number of aromatic hydroxyl groups is 1. The number of nitro benzene ring substituents is 1. The second-order valence-electron chi connectivity index (χ2n) is 7.43. The molecule has 10 nitrogen and oxygen atoms in total. The van der Waals surface area contributed by atoms with Crippen LogP contribution in [0.5, 0.6) is 11.6 Å². The third kappa shape index (κ3) is 5.29. The third-order valence-electron chi connectivity index (χ3n) is 5.39. The summed E-state index contributed by atoms with van der Waals surface area (Å²) in [5.41, 5.74) is -1.03. The van der Waals surface area contributed by atoms with Crippen molar-refractivity contribution in [1.29, 1.82) is 5.26 Å². The summed E-state index contributed by atoms with van der Waals surface area (Å²) in [5.74, 6) is 0.00862. The summed E-state index contributed by atoms with van der Waals surface area (Å²) in [6.45, 7) is 5.80. The maximum Gasteiger partial charge on any atom is 0.300 e. The molecule has 1 atom stereocenters. The van der Waals surface area contributed by atoms with Crippen LogP contribution in [0.2, 0.25) is 0 Å². The third-order valence-corrected chi connectivity index (χ3v) is 5.39. The fourth-order valence-electron chi connectivity index (χ4n) is 3.37. The van der Waals surface area contributed by atoms with E-state index in [1.54, 1.807) is 0 Å². The van der Waals surface area contributed by atoms with E-state index in [0.29, 0.717) is 0 Å². The molecule has 0 aliphatic rings. The molecule has 10 heteroatoms. The van der Waals surface area contributed by atoms with Crippen LogP contribution in [-0.4, -0.2) is 21.7 Å². The molecule has 1 aromatic heterocycles. The van der Waals surface area contributed by atoms with E-state index in [0.717, 1.165) is 30.3 Å². The number of azo groups is 1. The smallest absolute Gasteiger partial charge is 0.300 e. The highest BCUT2D eigenvalue weighted by molar-refractivity contribution is 5.62. The molecule has 2 aromatic rings. The largest absolute Gasteiger partial charge is 0.496 e. The van der Waals surface area contributed by atoms with Gasteiger partial charge in [0.1, 0.15) is 17.4 Å². The standard InChI is InChI=1S/C22H27N5O5/c1-5-7-8-15(6-2)13-26-21(28)17(12-23)14(3)20(22(26)29)25-24-18-10-9-16(32-4)11-19(18)27(30)31/h9-11,15,29H,5-8,13H2,1-4H3. The minimum atomic E-state index is -0.620. The Morgan fingerprint density at radius 1 is 1.34 bits per heavy atom. The van der Waals surface area contributed by atoms with E-state index in [2.05, 4.69) is 17.2 Å². The van der Waals surface area contributed by atoms with Gasteiger partial charge in [0.2, 0.25) is 5.88 Å². The maximum absolute atomic E-state index is 12.8. The lowest BCUT2D eigenvalue weighted by Gasteiger charge is -2.19. The average Bonchev–Trinajstić information content (AvgIpc) is 2.78. The minimum Gasteiger partial charge on any atom is -0.496 e. The fraction of sp³-hybridized carbons (Fsp3) is 0.455. The van der Waals surface area contributed by atoms with Crippen LogP contribution in [-0.2, 0) is 6.54 Å². The minimum absolute atomic E-state index is 0.0553. The van der Waals surface area contributed by atoms with Gasteiger partial charge in [-0.25, -0.2) is 0 Å². The predicted octanol–water partition coefficient (Wildman–Crippen LogP) is 5.28. The van der Waals surface area contributed by atoms with Gasteiger partial charge in [-0.15, -0.1) is 10.2 Å². The molecule has 2 rings (SSSR count). The van der Waals surface area contributed by atoms with E-state index in [-0.39, 0.29) is 46.4 Å². The van der Waals surface area contributed by atoms with Crippen molar-refractivity contribution in [3.63, 3.8) is 0 Å². The number of ether oxygens (including phenoxy) is 1. The monoisotopic (exact) mass is 441 g/mol. The van der Waals surface area contributed by atoms with Gasteiger partial charge in [0.05, 0.1) is 18.1 Å². The second-order valence-corrected chi connectivity index (χ2v) is 7.43. The van der Waals surface area contributed by atoms with Crippen molar-refractivity contribution >= 4 is 17.1 Å². The second kappa shape index (κ2) is 11.0. The Morgan fingerprint density at radius 2 is 2.06 bits per heavy atom. The molecule has 1 heterocycles. The number of aromatic nitrogens is 1. The van der Waals surface area contributed by atoms with Crippen molar-refractivity contribution in [2.75, 3.05) is 7.11 Å². The first-order valence-electron chi connectivity index (χ1n) is 10.4. The molecule has 1 aromatic carbocycles. The normalized spacial score (nSPS) is 12.0. The summed E-state index contributed by atoms with van der Waals surface area (Å²) in [6.07, 6.45) is 3.67. The number of rotatable bonds is 10. The number of hydrogen-bond acceptors (Lipinski definition) is 8. The number of unbranched alkanes of at least 4 members (excludes halogenated alkanes) is 1. The number of nitrogens with zero attached hydrogens (tertiary/aromatic N) is 5. The number of hydrogen-bond donors (Lipinski definition) is 1. The number of nitro groups is 1. The molecule has 0 amide bonds. The highest BCUT2D eigenvalue weighted by atomic mass is 16.6. The van der Waals surface area contributed by atoms with Crippen molar-refractivity contribution in [2.24, 2.45) is 16.1 Å². The lowest BCUT2D eigenvalue weighted by molar-refractivity contribution is -0.384. The molecule has 1 unspecified atom stereocenters. The van der Waals surface area contributed by atoms with Gasteiger partial charge in [0.25, 0.3) is 11.2 Å². The predicted molar refractivity (Wildman–Crippen MR) is 119 cm³/mol. The van der Waals surface area contributed by atoms with Gasteiger partial charge >= 0.3 is 0 Å². The Balaban J connectivity index is 2.59. The van der Waals surface area contributed by atoms with Crippen LogP contribution in [0.15, 0.2) is 33.2 Å². The fourth-order valence-corrected chi connectivity index (χ4v) is 3.37. The molecule has 170 valence electrons. The van der Waals surface area contributed by atoms with Gasteiger partial charge in [-0.05, 0) is 31.4 Å². The number of pyridine rings is 1. The molecule has 0 aliphatic carbocycles. The zero-order valence-corrected chi connectivity index (χ0v) is 18.7. The van der Waals surface area contributed by atoms with Gasteiger partial charge in [-0.2, -0.15) is 5.26 Å². The van der Waals surface area contributed by atoms with Crippen molar-refractivity contribution in [2.45, 2.75) is 53.0 Å². The summed E-state index contributed by atoms with van der Waals surface area (Å²) in [7, 11) is 1.39. The zero-order chi connectivity index (χ0) is 23.8. The summed E-state index contributed by atoms with van der Waals surface area (Å²) >= 11 is 0. The SMILES string of the molecule is CCCCC(CC)Cn1c(O)c(N=Nc2ccc(OC)cc2[N+](=O)[O-])c(C)c(C#N)c1=O. The maximum atomic E-state index is 12.8. The van der Waals surface area contributed by atoms with Crippen molar-refractivity contribution < 1.29 is 14.8 Å². The molecule has 32 heavy (non-hydrogen) atoms. The van der Waals surface area contributed by atoms with Crippen LogP contribution < -0.4 is 10.3 Å². The van der Waals surface area contributed by atoms with Crippen molar-refractivity contribution in [3.8, 4) is 17.7 Å². The topological polar surface area (TPSA) is 143 Å². The first-order valence-corrected chi connectivity index (χ1v) is 10.4. The average molecular weight is 441 g/mol. The van der Waals surface area contributed by atoms with Gasteiger partial charge in [0, 0.05) is 12.1 Å². The molecule has 0 bridgehead atoms. The lowest BCUT2D eigenvalue weighted by atomic mass is 9.99. The molecule has 0 aliphatic heterocycles. The number of methoxy groups -OCH3 is 1. The Hall–Kier alpha value is -3.74. The van der Waals surface area contributed by atoms with Crippen LogP contribution in [0.25, 0.3) is 0 Å². The van der Waals surface area contributed by atoms with Gasteiger partial charge in [-0.3, -0.25) is 19.5 Å². The quantitative estimate of drug-likeness (QED) is 0.302. The van der Waals surface area contributed by atoms with Crippen LogP contribution in [0, 0.1) is 34.3 Å². The molecule has 0 fully saturated rings. The van der Waals surface area contributed by atoms with E-state index < -0.39 is 16.4 Å². The molecular weight excluding hydrogens is 414 g/mol.